The Labute approximate surface area is 148 Å². The molecule has 25 heavy (non-hydrogen) atoms. The number of carbonyl (C=O) groups is 1. The first-order valence-corrected chi connectivity index (χ1v) is 9.33. The number of amides is 2. The highest BCUT2D eigenvalue weighted by atomic mass is 16.5. The largest absolute Gasteiger partial charge is 0.381 e. The van der Waals surface area contributed by atoms with Crippen molar-refractivity contribution in [2.45, 2.75) is 38.6 Å². The molecule has 4 heterocycles. The molecule has 2 amide bonds. The summed E-state index contributed by atoms with van der Waals surface area (Å²) in [4.78, 5) is 25.7. The summed E-state index contributed by atoms with van der Waals surface area (Å²) in [5.41, 5.74) is 1.02. The maximum Gasteiger partial charge on any atom is 0.317 e. The third-order valence-electron chi connectivity index (χ3n) is 5.81. The van der Waals surface area contributed by atoms with Crippen LogP contribution >= 0.6 is 0 Å². The first-order chi connectivity index (χ1) is 12.2. The van der Waals surface area contributed by atoms with Gasteiger partial charge in [-0.25, -0.2) is 14.8 Å². The molecule has 3 fully saturated rings. The minimum Gasteiger partial charge on any atom is -0.381 e. The van der Waals surface area contributed by atoms with E-state index in [1.54, 1.807) is 0 Å². The maximum absolute atomic E-state index is 12.6. The van der Waals surface area contributed by atoms with E-state index in [0.717, 1.165) is 63.4 Å². The van der Waals surface area contributed by atoms with Gasteiger partial charge in [-0.15, -0.1) is 0 Å². The monoisotopic (exact) mass is 345 g/mol. The summed E-state index contributed by atoms with van der Waals surface area (Å²) in [6, 6.07) is 0.249. The van der Waals surface area contributed by atoms with Gasteiger partial charge in [-0.1, -0.05) is 0 Å². The molecular weight excluding hydrogens is 318 g/mol. The number of ether oxygens (including phenoxy) is 1. The number of anilines is 1. The highest BCUT2D eigenvalue weighted by Gasteiger charge is 2.48. The van der Waals surface area contributed by atoms with Crippen LogP contribution in [0.1, 0.15) is 31.2 Å². The van der Waals surface area contributed by atoms with Crippen molar-refractivity contribution in [3.8, 4) is 0 Å². The Bertz CT molecular complexity index is 616. The molecule has 0 saturated carbocycles. The van der Waals surface area contributed by atoms with Gasteiger partial charge >= 0.3 is 6.03 Å². The van der Waals surface area contributed by atoms with Gasteiger partial charge in [0, 0.05) is 56.6 Å². The number of carbonyl (C=O) groups excluding carboxylic acids is 1. The fourth-order valence-corrected chi connectivity index (χ4v) is 4.29. The average molecular weight is 345 g/mol. The van der Waals surface area contributed by atoms with Gasteiger partial charge < -0.3 is 19.9 Å². The van der Waals surface area contributed by atoms with Gasteiger partial charge in [0.1, 0.15) is 0 Å². The number of rotatable bonds is 2. The highest BCUT2D eigenvalue weighted by molar-refractivity contribution is 5.75. The Kier molecular flexibility index (Phi) is 4.50. The molecule has 0 aromatic carbocycles. The number of hydrogen-bond acceptors (Lipinski definition) is 5. The summed E-state index contributed by atoms with van der Waals surface area (Å²) >= 11 is 0. The Hall–Kier alpha value is -1.89. The molecule has 1 aromatic rings. The van der Waals surface area contributed by atoms with Crippen LogP contribution < -0.4 is 10.2 Å². The van der Waals surface area contributed by atoms with Crippen LogP contribution in [-0.2, 0) is 4.74 Å². The molecule has 3 aliphatic heterocycles. The van der Waals surface area contributed by atoms with Crippen LogP contribution in [0, 0.1) is 12.3 Å². The molecule has 7 nitrogen and oxygen atoms in total. The van der Waals surface area contributed by atoms with Gasteiger partial charge in [0.25, 0.3) is 0 Å². The topological polar surface area (TPSA) is 70.6 Å². The number of aromatic nitrogens is 2. The van der Waals surface area contributed by atoms with E-state index in [9.17, 15) is 4.79 Å². The van der Waals surface area contributed by atoms with Crippen LogP contribution in [0.25, 0.3) is 0 Å². The second-order valence-corrected chi connectivity index (χ2v) is 7.63. The number of likely N-dealkylation sites (tertiary alicyclic amines) is 1. The highest BCUT2D eigenvalue weighted by Crippen LogP contribution is 2.39. The molecule has 7 heteroatoms. The summed E-state index contributed by atoms with van der Waals surface area (Å²) < 4.78 is 5.82. The molecule has 1 spiro atoms. The smallest absolute Gasteiger partial charge is 0.317 e. The second kappa shape index (κ2) is 6.78. The molecule has 0 radical (unpaired) electrons. The summed E-state index contributed by atoms with van der Waals surface area (Å²) in [7, 11) is 0. The lowest BCUT2D eigenvalue weighted by Crippen LogP contribution is -2.57. The normalized spacial score (nSPS) is 29.4. The van der Waals surface area contributed by atoms with Crippen LogP contribution in [0.15, 0.2) is 12.4 Å². The summed E-state index contributed by atoms with van der Waals surface area (Å²) in [5, 5.41) is 3.31. The SMILES string of the molecule is Cc1cnc(N2CC[C@@]3(COCC[C@@H]3NC(=O)N3CCCC3)C2)nc1. The Morgan fingerprint density at radius 3 is 2.80 bits per heavy atom. The molecule has 0 unspecified atom stereocenters. The van der Waals surface area contributed by atoms with Crippen LogP contribution in [-0.4, -0.2) is 66.3 Å². The zero-order valence-electron chi connectivity index (χ0n) is 14.9. The van der Waals surface area contributed by atoms with E-state index in [4.69, 9.17) is 4.74 Å². The Balaban J connectivity index is 1.46. The van der Waals surface area contributed by atoms with E-state index >= 15 is 0 Å². The fraction of sp³-hybridized carbons (Fsp3) is 0.722. The molecule has 0 bridgehead atoms. The molecule has 1 N–H and O–H groups in total. The first-order valence-electron chi connectivity index (χ1n) is 9.33. The van der Waals surface area contributed by atoms with Crippen molar-refractivity contribution >= 4 is 12.0 Å². The molecule has 136 valence electrons. The summed E-state index contributed by atoms with van der Waals surface area (Å²) in [6.07, 6.45) is 7.82. The van der Waals surface area contributed by atoms with E-state index < -0.39 is 0 Å². The lowest BCUT2D eigenvalue weighted by molar-refractivity contribution is -0.0190. The van der Waals surface area contributed by atoms with Gasteiger partial charge in [-0.3, -0.25) is 0 Å². The van der Waals surface area contributed by atoms with Crippen molar-refractivity contribution in [2.24, 2.45) is 5.41 Å². The molecule has 0 aliphatic carbocycles. The standard InChI is InChI=1S/C18H27N5O2/c1-14-10-19-16(20-11-14)23-8-5-18(12-23)13-25-9-4-15(18)21-17(24)22-6-2-3-7-22/h10-11,15H,2-9,12-13H2,1H3,(H,21,24)/t15-,18-/m0/s1. The van der Waals surface area contributed by atoms with Crippen molar-refractivity contribution in [2.75, 3.05) is 44.3 Å². The average Bonchev–Trinajstić information content (AvgIpc) is 3.29. The van der Waals surface area contributed by atoms with Crippen molar-refractivity contribution in [3.05, 3.63) is 18.0 Å². The van der Waals surface area contributed by atoms with Crippen molar-refractivity contribution in [1.29, 1.82) is 0 Å². The molecular formula is C18H27N5O2. The molecule has 3 aliphatic rings. The van der Waals surface area contributed by atoms with E-state index in [1.807, 2.05) is 24.2 Å². The van der Waals surface area contributed by atoms with E-state index in [2.05, 4.69) is 20.2 Å². The number of hydrogen-bond donors (Lipinski definition) is 1. The number of aryl methyl sites for hydroxylation is 1. The third-order valence-corrected chi connectivity index (χ3v) is 5.81. The summed E-state index contributed by atoms with van der Waals surface area (Å²) in [5.74, 6) is 0.776. The minimum absolute atomic E-state index is 0.0398. The fourth-order valence-electron chi connectivity index (χ4n) is 4.29. The number of nitrogens with one attached hydrogen (secondary N) is 1. The van der Waals surface area contributed by atoms with E-state index in [1.165, 1.54) is 0 Å². The molecule has 2 atom stereocenters. The van der Waals surface area contributed by atoms with Gasteiger partial charge in [0.15, 0.2) is 0 Å². The van der Waals surface area contributed by atoms with Crippen LogP contribution in [0.3, 0.4) is 0 Å². The van der Waals surface area contributed by atoms with Gasteiger partial charge in [0.2, 0.25) is 5.95 Å². The second-order valence-electron chi connectivity index (χ2n) is 7.63. The lowest BCUT2D eigenvalue weighted by Gasteiger charge is -2.41. The van der Waals surface area contributed by atoms with Crippen LogP contribution in [0.5, 0.6) is 0 Å². The first kappa shape index (κ1) is 16.6. The predicted molar refractivity (Wildman–Crippen MR) is 94.6 cm³/mol. The zero-order chi connectivity index (χ0) is 17.3. The number of nitrogens with zero attached hydrogens (tertiary/aromatic N) is 4. The quantitative estimate of drug-likeness (QED) is 0.881. The van der Waals surface area contributed by atoms with Gasteiger partial charge in [0.05, 0.1) is 6.61 Å². The predicted octanol–water partition coefficient (Wildman–Crippen LogP) is 1.58. The molecule has 3 saturated heterocycles. The Morgan fingerprint density at radius 2 is 2.04 bits per heavy atom. The van der Waals surface area contributed by atoms with Crippen molar-refractivity contribution < 1.29 is 9.53 Å². The van der Waals surface area contributed by atoms with Gasteiger partial charge in [-0.05, 0) is 38.2 Å². The lowest BCUT2D eigenvalue weighted by atomic mass is 9.77. The van der Waals surface area contributed by atoms with Crippen molar-refractivity contribution in [1.82, 2.24) is 20.2 Å². The van der Waals surface area contributed by atoms with E-state index in [0.29, 0.717) is 13.2 Å². The Morgan fingerprint density at radius 1 is 1.28 bits per heavy atom. The maximum atomic E-state index is 12.6. The molecule has 4 rings (SSSR count). The number of urea groups is 1. The zero-order valence-corrected chi connectivity index (χ0v) is 14.9. The van der Waals surface area contributed by atoms with Crippen molar-refractivity contribution in [3.63, 3.8) is 0 Å². The van der Waals surface area contributed by atoms with Gasteiger partial charge in [-0.2, -0.15) is 0 Å². The van der Waals surface area contributed by atoms with E-state index in [-0.39, 0.29) is 17.5 Å². The molecule has 1 aromatic heterocycles. The summed E-state index contributed by atoms with van der Waals surface area (Å²) in [6.45, 7) is 6.91. The van der Waals surface area contributed by atoms with Crippen LogP contribution in [0.4, 0.5) is 10.7 Å². The minimum atomic E-state index is -0.0398. The third kappa shape index (κ3) is 3.29. The van der Waals surface area contributed by atoms with Crippen LogP contribution in [0.2, 0.25) is 0 Å².